The Morgan fingerprint density at radius 1 is 1.40 bits per heavy atom. The normalized spacial score (nSPS) is 24.9. The molecule has 1 aliphatic carbocycles. The van der Waals surface area contributed by atoms with Crippen molar-refractivity contribution in [3.63, 3.8) is 0 Å². The molecule has 0 amide bonds. The summed E-state index contributed by atoms with van der Waals surface area (Å²) in [5.41, 5.74) is 0.594. The first-order valence-electron chi connectivity index (χ1n) is 5.84. The number of nitriles is 1. The molecule has 102 valence electrons. The van der Waals surface area contributed by atoms with Gasteiger partial charge in [-0.2, -0.15) is 5.26 Å². The zero-order valence-electron chi connectivity index (χ0n) is 10.3. The van der Waals surface area contributed by atoms with Gasteiger partial charge in [0, 0.05) is 29.5 Å². The predicted octanol–water partition coefficient (Wildman–Crippen LogP) is 4.03. The quantitative estimate of drug-likeness (QED) is 0.481. The predicted molar refractivity (Wildman–Crippen MR) is 76.9 cm³/mol. The molecule has 0 fully saturated rings. The topological polar surface area (TPSA) is 66.9 Å². The molecule has 0 spiro atoms. The highest BCUT2D eigenvalue weighted by Crippen LogP contribution is 2.44. The van der Waals surface area contributed by atoms with Crippen molar-refractivity contribution in [3.05, 3.63) is 68.9 Å². The maximum absolute atomic E-state index is 10.9. The minimum atomic E-state index is -1.11. The van der Waals surface area contributed by atoms with E-state index >= 15 is 0 Å². The highest BCUT2D eigenvalue weighted by molar-refractivity contribution is 6.30. The number of hydrogen-bond acceptors (Lipinski definition) is 3. The van der Waals surface area contributed by atoms with Gasteiger partial charge in [0.05, 0.1) is 11.0 Å². The van der Waals surface area contributed by atoms with Crippen LogP contribution in [0, 0.1) is 27.4 Å². The van der Waals surface area contributed by atoms with Gasteiger partial charge in [-0.15, -0.1) is 11.6 Å². The molecule has 0 aliphatic heterocycles. The van der Waals surface area contributed by atoms with E-state index in [-0.39, 0.29) is 18.0 Å². The standard InChI is InChI=1S/C14H10Cl2N2O2/c15-12-4-1-10(2-5-12)14(16)9-13(18(19)20)6-3-11(14)7-8-17/h1-6,9,11H,7H2. The van der Waals surface area contributed by atoms with E-state index < -0.39 is 9.80 Å². The van der Waals surface area contributed by atoms with Crippen LogP contribution in [-0.2, 0) is 4.87 Å². The molecule has 0 heterocycles. The van der Waals surface area contributed by atoms with Crippen LogP contribution in [0.2, 0.25) is 5.02 Å². The molecule has 0 aromatic heterocycles. The lowest BCUT2D eigenvalue weighted by Gasteiger charge is -2.31. The van der Waals surface area contributed by atoms with E-state index in [1.54, 1.807) is 30.3 Å². The monoisotopic (exact) mass is 308 g/mol. The highest BCUT2D eigenvalue weighted by Gasteiger charge is 2.40. The smallest absolute Gasteiger partial charge is 0.258 e. The molecule has 0 N–H and O–H groups in total. The molecule has 20 heavy (non-hydrogen) atoms. The van der Waals surface area contributed by atoms with Gasteiger partial charge in [0.2, 0.25) is 0 Å². The van der Waals surface area contributed by atoms with Crippen LogP contribution in [0.4, 0.5) is 0 Å². The molecule has 1 aliphatic rings. The van der Waals surface area contributed by atoms with Crippen molar-refractivity contribution in [1.82, 2.24) is 0 Å². The number of allylic oxidation sites excluding steroid dienone is 3. The number of nitrogens with zero attached hydrogens (tertiary/aromatic N) is 2. The average molecular weight is 309 g/mol. The fraction of sp³-hybridized carbons (Fsp3) is 0.214. The largest absolute Gasteiger partial charge is 0.267 e. The number of alkyl halides is 1. The zero-order valence-corrected chi connectivity index (χ0v) is 11.8. The molecule has 0 saturated heterocycles. The summed E-state index contributed by atoms with van der Waals surface area (Å²) in [7, 11) is 0. The number of rotatable bonds is 3. The Labute approximate surface area is 126 Å². The number of benzene rings is 1. The number of hydrogen-bond donors (Lipinski definition) is 0. The Morgan fingerprint density at radius 2 is 2.05 bits per heavy atom. The van der Waals surface area contributed by atoms with Crippen molar-refractivity contribution in [2.24, 2.45) is 5.92 Å². The van der Waals surface area contributed by atoms with Gasteiger partial charge in [-0.1, -0.05) is 29.8 Å². The average Bonchev–Trinajstić information content (AvgIpc) is 2.42. The lowest BCUT2D eigenvalue weighted by Crippen LogP contribution is -2.29. The minimum Gasteiger partial charge on any atom is -0.258 e. The van der Waals surface area contributed by atoms with Gasteiger partial charge in [-0.05, 0) is 17.7 Å². The van der Waals surface area contributed by atoms with Gasteiger partial charge in [0.15, 0.2) is 0 Å². The molecule has 0 saturated carbocycles. The Kier molecular flexibility index (Phi) is 4.12. The maximum Gasteiger partial charge on any atom is 0.267 e. The van der Waals surface area contributed by atoms with Gasteiger partial charge in [-0.3, -0.25) is 10.1 Å². The molecule has 2 unspecified atom stereocenters. The zero-order chi connectivity index (χ0) is 14.8. The second kappa shape index (κ2) is 5.66. The third-order valence-electron chi connectivity index (χ3n) is 3.21. The molecule has 1 aromatic carbocycles. The first-order chi connectivity index (χ1) is 9.47. The van der Waals surface area contributed by atoms with E-state index in [1.165, 1.54) is 12.2 Å². The first-order valence-corrected chi connectivity index (χ1v) is 6.60. The van der Waals surface area contributed by atoms with E-state index in [4.69, 9.17) is 28.5 Å². The molecule has 0 bridgehead atoms. The van der Waals surface area contributed by atoms with Crippen molar-refractivity contribution in [2.45, 2.75) is 11.3 Å². The fourth-order valence-electron chi connectivity index (χ4n) is 2.16. The highest BCUT2D eigenvalue weighted by atomic mass is 35.5. The summed E-state index contributed by atoms with van der Waals surface area (Å²) >= 11 is 12.4. The molecule has 2 rings (SSSR count). The summed E-state index contributed by atoms with van der Waals surface area (Å²) in [5, 5.41) is 20.4. The van der Waals surface area contributed by atoms with Crippen molar-refractivity contribution in [3.8, 4) is 6.07 Å². The van der Waals surface area contributed by atoms with Gasteiger partial charge in [0.1, 0.15) is 4.87 Å². The Bertz CT molecular complexity index is 632. The van der Waals surface area contributed by atoms with E-state index in [1.807, 2.05) is 0 Å². The van der Waals surface area contributed by atoms with Crippen LogP contribution in [0.3, 0.4) is 0 Å². The van der Waals surface area contributed by atoms with Gasteiger partial charge >= 0.3 is 0 Å². The van der Waals surface area contributed by atoms with Crippen LogP contribution in [-0.4, -0.2) is 4.92 Å². The molecular weight excluding hydrogens is 299 g/mol. The SMILES string of the molecule is N#CCC1C=CC([N+](=O)[O-])=CC1(Cl)c1ccc(Cl)cc1. The van der Waals surface area contributed by atoms with Gasteiger partial charge < -0.3 is 0 Å². The van der Waals surface area contributed by atoms with Crippen LogP contribution in [0.5, 0.6) is 0 Å². The fourth-order valence-corrected chi connectivity index (χ4v) is 2.67. The Balaban J connectivity index is 2.51. The van der Waals surface area contributed by atoms with Crippen LogP contribution >= 0.6 is 23.2 Å². The Hall–Kier alpha value is -1.83. The van der Waals surface area contributed by atoms with Crippen LogP contribution in [0.1, 0.15) is 12.0 Å². The third kappa shape index (κ3) is 2.69. The van der Waals surface area contributed by atoms with Crippen molar-refractivity contribution < 1.29 is 4.92 Å². The Morgan fingerprint density at radius 3 is 2.60 bits per heavy atom. The molecule has 2 atom stereocenters. The summed E-state index contributed by atoms with van der Waals surface area (Å²) in [6.07, 6.45) is 4.56. The molecule has 4 nitrogen and oxygen atoms in total. The summed E-state index contributed by atoms with van der Waals surface area (Å²) in [6.45, 7) is 0. The summed E-state index contributed by atoms with van der Waals surface area (Å²) < 4.78 is 0. The first kappa shape index (κ1) is 14.6. The lowest BCUT2D eigenvalue weighted by atomic mass is 9.80. The van der Waals surface area contributed by atoms with Gasteiger partial charge in [0.25, 0.3) is 5.70 Å². The van der Waals surface area contributed by atoms with E-state index in [0.29, 0.717) is 10.6 Å². The van der Waals surface area contributed by atoms with Crippen molar-refractivity contribution >= 4 is 23.2 Å². The maximum atomic E-state index is 10.9. The molecule has 1 aromatic rings. The second-order valence-electron chi connectivity index (χ2n) is 4.43. The third-order valence-corrected chi connectivity index (χ3v) is 4.07. The molecular formula is C14H10Cl2N2O2. The number of nitro groups is 1. The van der Waals surface area contributed by atoms with Crippen molar-refractivity contribution in [2.75, 3.05) is 0 Å². The number of halogens is 2. The molecule has 6 heteroatoms. The van der Waals surface area contributed by atoms with E-state index in [0.717, 1.165) is 0 Å². The van der Waals surface area contributed by atoms with Crippen molar-refractivity contribution in [1.29, 1.82) is 5.26 Å². The molecule has 0 radical (unpaired) electrons. The summed E-state index contributed by atoms with van der Waals surface area (Å²) in [5.74, 6) is -0.334. The summed E-state index contributed by atoms with van der Waals surface area (Å²) in [4.78, 5) is 9.33. The van der Waals surface area contributed by atoms with Crippen LogP contribution in [0.15, 0.2) is 48.2 Å². The minimum absolute atomic E-state index is 0.0795. The van der Waals surface area contributed by atoms with E-state index in [2.05, 4.69) is 6.07 Å². The lowest BCUT2D eigenvalue weighted by molar-refractivity contribution is -0.419. The van der Waals surface area contributed by atoms with Crippen LogP contribution < -0.4 is 0 Å². The van der Waals surface area contributed by atoms with E-state index in [9.17, 15) is 10.1 Å². The van der Waals surface area contributed by atoms with Gasteiger partial charge in [-0.25, -0.2) is 0 Å². The summed E-state index contributed by atoms with van der Waals surface area (Å²) in [6, 6.07) is 8.83. The van der Waals surface area contributed by atoms with Crippen LogP contribution in [0.25, 0.3) is 0 Å². The second-order valence-corrected chi connectivity index (χ2v) is 5.49.